The lowest BCUT2D eigenvalue weighted by molar-refractivity contribution is 0.385. The highest BCUT2D eigenvalue weighted by Gasteiger charge is 2.10. The maximum absolute atomic E-state index is 13.2. The van der Waals surface area contributed by atoms with E-state index in [-0.39, 0.29) is 17.6 Å². The van der Waals surface area contributed by atoms with Crippen molar-refractivity contribution in [2.45, 2.75) is 32.7 Å². The second kappa shape index (κ2) is 5.85. The van der Waals surface area contributed by atoms with Crippen LogP contribution in [0.5, 0.6) is 5.75 Å². The van der Waals surface area contributed by atoms with E-state index in [1.54, 1.807) is 12.1 Å². The van der Waals surface area contributed by atoms with Gasteiger partial charge in [0.1, 0.15) is 0 Å². The van der Waals surface area contributed by atoms with Crippen LogP contribution in [0.15, 0.2) is 18.2 Å². The Balaban J connectivity index is 2.72. The molecule has 0 amide bonds. The van der Waals surface area contributed by atoms with Crippen molar-refractivity contribution in [3.63, 3.8) is 0 Å². The van der Waals surface area contributed by atoms with Crippen LogP contribution in [-0.4, -0.2) is 7.11 Å². The van der Waals surface area contributed by atoms with E-state index in [4.69, 9.17) is 10.5 Å². The van der Waals surface area contributed by atoms with Gasteiger partial charge in [-0.1, -0.05) is 19.9 Å². The average Bonchev–Trinajstić information content (AvgIpc) is 2.26. The Hall–Kier alpha value is -1.09. The molecular formula is C13H20FNO. The number of rotatable bonds is 5. The van der Waals surface area contributed by atoms with Crippen molar-refractivity contribution in [2.24, 2.45) is 11.7 Å². The quantitative estimate of drug-likeness (QED) is 0.834. The van der Waals surface area contributed by atoms with Crippen molar-refractivity contribution in [3.8, 4) is 5.75 Å². The molecule has 0 aromatic heterocycles. The maximum Gasteiger partial charge on any atom is 0.165 e. The summed E-state index contributed by atoms with van der Waals surface area (Å²) in [4.78, 5) is 0. The van der Waals surface area contributed by atoms with Crippen molar-refractivity contribution >= 4 is 0 Å². The summed E-state index contributed by atoms with van der Waals surface area (Å²) in [5.74, 6) is 0.549. The summed E-state index contributed by atoms with van der Waals surface area (Å²) in [6.07, 6.45) is 1.98. The summed E-state index contributed by atoms with van der Waals surface area (Å²) < 4.78 is 18.1. The van der Waals surface area contributed by atoms with Gasteiger partial charge in [0, 0.05) is 6.04 Å². The van der Waals surface area contributed by atoms with Crippen molar-refractivity contribution in [2.75, 3.05) is 7.11 Å². The molecule has 0 unspecified atom stereocenters. The zero-order valence-electron chi connectivity index (χ0n) is 10.2. The number of hydrogen-bond acceptors (Lipinski definition) is 2. The molecule has 0 spiro atoms. The van der Waals surface area contributed by atoms with Gasteiger partial charge >= 0.3 is 0 Å². The molecule has 16 heavy (non-hydrogen) atoms. The zero-order chi connectivity index (χ0) is 12.1. The Morgan fingerprint density at radius 3 is 2.56 bits per heavy atom. The smallest absolute Gasteiger partial charge is 0.165 e. The van der Waals surface area contributed by atoms with E-state index in [0.717, 1.165) is 18.4 Å². The zero-order valence-corrected chi connectivity index (χ0v) is 10.2. The molecule has 0 heterocycles. The third-order valence-electron chi connectivity index (χ3n) is 2.66. The molecule has 0 fully saturated rings. The summed E-state index contributed by atoms with van der Waals surface area (Å²) in [5, 5.41) is 0. The first kappa shape index (κ1) is 13.0. The molecule has 0 radical (unpaired) electrons. The van der Waals surface area contributed by atoms with E-state index in [1.165, 1.54) is 13.2 Å². The second-order valence-corrected chi connectivity index (χ2v) is 4.47. The van der Waals surface area contributed by atoms with Crippen molar-refractivity contribution in [1.82, 2.24) is 0 Å². The Bertz CT molecular complexity index is 339. The lowest BCUT2D eigenvalue weighted by atomic mass is 9.98. The van der Waals surface area contributed by atoms with Gasteiger partial charge in [-0.05, 0) is 36.5 Å². The van der Waals surface area contributed by atoms with E-state index < -0.39 is 0 Å². The molecule has 0 saturated heterocycles. The van der Waals surface area contributed by atoms with E-state index in [2.05, 4.69) is 13.8 Å². The topological polar surface area (TPSA) is 35.2 Å². The molecule has 90 valence electrons. The molecule has 0 aliphatic heterocycles. The van der Waals surface area contributed by atoms with Crippen LogP contribution in [-0.2, 0) is 0 Å². The highest BCUT2D eigenvalue weighted by Crippen LogP contribution is 2.24. The van der Waals surface area contributed by atoms with E-state index in [9.17, 15) is 4.39 Å². The minimum absolute atomic E-state index is 0.0445. The molecule has 0 aliphatic rings. The molecule has 2 nitrogen and oxygen atoms in total. The number of halogens is 1. The predicted octanol–water partition coefficient (Wildman–Crippen LogP) is 3.27. The minimum Gasteiger partial charge on any atom is -0.494 e. The number of benzene rings is 1. The lowest BCUT2D eigenvalue weighted by Gasteiger charge is -2.14. The van der Waals surface area contributed by atoms with Crippen LogP contribution in [0.2, 0.25) is 0 Å². The van der Waals surface area contributed by atoms with E-state index in [1.807, 2.05) is 0 Å². The van der Waals surface area contributed by atoms with E-state index in [0.29, 0.717) is 5.92 Å². The fourth-order valence-electron chi connectivity index (χ4n) is 1.59. The highest BCUT2D eigenvalue weighted by atomic mass is 19.1. The van der Waals surface area contributed by atoms with Gasteiger partial charge in [-0.2, -0.15) is 0 Å². The number of hydrogen-bond donors (Lipinski definition) is 1. The van der Waals surface area contributed by atoms with Gasteiger partial charge < -0.3 is 10.5 Å². The first-order valence-electron chi connectivity index (χ1n) is 5.63. The predicted molar refractivity (Wildman–Crippen MR) is 64.0 cm³/mol. The summed E-state index contributed by atoms with van der Waals surface area (Å²) in [6, 6.07) is 4.77. The molecule has 0 saturated carbocycles. The first-order valence-corrected chi connectivity index (χ1v) is 5.63. The molecule has 3 heteroatoms. The van der Waals surface area contributed by atoms with Crippen molar-refractivity contribution in [3.05, 3.63) is 29.6 Å². The fourth-order valence-corrected chi connectivity index (χ4v) is 1.59. The molecule has 1 aromatic rings. The van der Waals surface area contributed by atoms with Gasteiger partial charge in [-0.15, -0.1) is 0 Å². The van der Waals surface area contributed by atoms with Crippen LogP contribution in [0.4, 0.5) is 4.39 Å². The summed E-state index contributed by atoms with van der Waals surface area (Å²) in [7, 11) is 1.46. The Labute approximate surface area is 96.6 Å². The van der Waals surface area contributed by atoms with E-state index >= 15 is 0 Å². The summed E-state index contributed by atoms with van der Waals surface area (Å²) in [6.45, 7) is 4.33. The fraction of sp³-hybridized carbons (Fsp3) is 0.538. The Morgan fingerprint density at radius 2 is 2.00 bits per heavy atom. The number of nitrogens with two attached hydrogens (primary N) is 1. The van der Waals surface area contributed by atoms with Crippen molar-refractivity contribution in [1.29, 1.82) is 0 Å². The van der Waals surface area contributed by atoms with Gasteiger partial charge in [0.25, 0.3) is 0 Å². The third-order valence-corrected chi connectivity index (χ3v) is 2.66. The number of methoxy groups -OCH3 is 1. The SMILES string of the molecule is COc1cc([C@H](N)CCC(C)C)ccc1F. The van der Waals surface area contributed by atoms with Gasteiger partial charge in [-0.25, -0.2) is 4.39 Å². The largest absolute Gasteiger partial charge is 0.494 e. The van der Waals surface area contributed by atoms with Gasteiger partial charge in [-0.3, -0.25) is 0 Å². The summed E-state index contributed by atoms with van der Waals surface area (Å²) >= 11 is 0. The standard InChI is InChI=1S/C13H20FNO/c1-9(2)4-7-12(15)10-5-6-11(14)13(8-10)16-3/h5-6,8-9,12H,4,7,15H2,1-3H3/t12-/m1/s1. The van der Waals surface area contributed by atoms with Crippen LogP contribution in [0.1, 0.15) is 38.3 Å². The first-order chi connectivity index (χ1) is 7.54. The molecule has 1 rings (SSSR count). The number of ether oxygens (including phenoxy) is 1. The molecule has 0 aliphatic carbocycles. The lowest BCUT2D eigenvalue weighted by Crippen LogP contribution is -2.11. The minimum atomic E-state index is -0.345. The molecule has 2 N–H and O–H groups in total. The maximum atomic E-state index is 13.2. The van der Waals surface area contributed by atoms with Crippen LogP contribution < -0.4 is 10.5 Å². The molecule has 1 atom stereocenters. The monoisotopic (exact) mass is 225 g/mol. The van der Waals surface area contributed by atoms with Crippen LogP contribution >= 0.6 is 0 Å². The summed E-state index contributed by atoms with van der Waals surface area (Å²) in [5.41, 5.74) is 6.97. The third kappa shape index (κ3) is 3.49. The molecular weight excluding hydrogens is 205 g/mol. The average molecular weight is 225 g/mol. The Kier molecular flexibility index (Phi) is 4.74. The van der Waals surface area contributed by atoms with Crippen LogP contribution in [0.25, 0.3) is 0 Å². The Morgan fingerprint density at radius 1 is 1.31 bits per heavy atom. The normalized spacial score (nSPS) is 12.9. The van der Waals surface area contributed by atoms with Crippen LogP contribution in [0.3, 0.4) is 0 Å². The van der Waals surface area contributed by atoms with Crippen molar-refractivity contribution < 1.29 is 9.13 Å². The van der Waals surface area contributed by atoms with Crippen LogP contribution in [0, 0.1) is 11.7 Å². The van der Waals surface area contributed by atoms with Gasteiger partial charge in [0.05, 0.1) is 7.11 Å². The molecule has 0 bridgehead atoms. The molecule has 1 aromatic carbocycles. The highest BCUT2D eigenvalue weighted by molar-refractivity contribution is 5.31. The van der Waals surface area contributed by atoms with Gasteiger partial charge in [0.15, 0.2) is 11.6 Å². The van der Waals surface area contributed by atoms with Gasteiger partial charge in [0.2, 0.25) is 0 Å². The second-order valence-electron chi connectivity index (χ2n) is 4.47.